The van der Waals surface area contributed by atoms with Crippen molar-refractivity contribution in [3.05, 3.63) is 35.9 Å². The van der Waals surface area contributed by atoms with Crippen molar-refractivity contribution >= 4 is 17.8 Å². The lowest BCUT2D eigenvalue weighted by atomic mass is 10.00. The van der Waals surface area contributed by atoms with Gasteiger partial charge in [0.1, 0.15) is 6.04 Å². The molecule has 6 heteroatoms. The number of rotatable bonds is 7. The number of carbonyl (C=O) groups excluding carboxylic acids is 3. The summed E-state index contributed by atoms with van der Waals surface area (Å²) in [4.78, 5) is 39.1. The van der Waals surface area contributed by atoms with Gasteiger partial charge >= 0.3 is 5.97 Å². The fourth-order valence-electron chi connectivity index (χ4n) is 3.37. The van der Waals surface area contributed by atoms with E-state index in [4.69, 9.17) is 4.74 Å². The van der Waals surface area contributed by atoms with E-state index in [-0.39, 0.29) is 30.4 Å². The highest BCUT2D eigenvalue weighted by Gasteiger charge is 2.29. The lowest BCUT2D eigenvalue weighted by Gasteiger charge is -2.35. The molecule has 0 bridgehead atoms. The van der Waals surface area contributed by atoms with Crippen LogP contribution in [0.4, 0.5) is 0 Å². The third kappa shape index (κ3) is 5.81. The van der Waals surface area contributed by atoms with Crippen molar-refractivity contribution in [2.45, 2.75) is 58.5 Å². The Morgan fingerprint density at radius 3 is 2.52 bits per heavy atom. The normalized spacial score (nSPS) is 18.1. The highest BCUT2D eigenvalue weighted by molar-refractivity contribution is 5.97. The van der Waals surface area contributed by atoms with E-state index in [1.807, 2.05) is 24.8 Å². The van der Waals surface area contributed by atoms with Crippen LogP contribution in [0, 0.1) is 5.92 Å². The quantitative estimate of drug-likeness (QED) is 0.745. The van der Waals surface area contributed by atoms with E-state index in [0.717, 1.165) is 25.7 Å². The average Bonchev–Trinajstić information content (AvgIpc) is 2.70. The average molecular weight is 374 g/mol. The predicted octanol–water partition coefficient (Wildman–Crippen LogP) is 2.78. The Morgan fingerprint density at radius 1 is 1.19 bits per heavy atom. The van der Waals surface area contributed by atoms with Gasteiger partial charge in [0.25, 0.3) is 11.8 Å². The molecule has 1 aromatic carbocycles. The van der Waals surface area contributed by atoms with Crippen LogP contribution in [0.1, 0.15) is 56.8 Å². The minimum atomic E-state index is -0.797. The summed E-state index contributed by atoms with van der Waals surface area (Å²) in [6.45, 7) is 6.16. The second-order valence-corrected chi connectivity index (χ2v) is 7.31. The largest absolute Gasteiger partial charge is 0.454 e. The standard InChI is InChI=1S/C21H30N2O4/c1-4-17-12-8-9-13-23(17)18(24)14-27-21(26)19(15(2)3)22-20(25)16-10-6-5-7-11-16/h5-7,10-11,15,17,19H,4,8-9,12-14H2,1-3H3,(H,22,25)/t17?,19-/m0/s1. The van der Waals surface area contributed by atoms with Gasteiger partial charge in [-0.15, -0.1) is 0 Å². The van der Waals surface area contributed by atoms with Crippen LogP contribution in [0.25, 0.3) is 0 Å². The van der Waals surface area contributed by atoms with Crippen LogP contribution < -0.4 is 5.32 Å². The zero-order valence-electron chi connectivity index (χ0n) is 16.4. The van der Waals surface area contributed by atoms with Crippen LogP contribution in [0.15, 0.2) is 30.3 Å². The van der Waals surface area contributed by atoms with Crippen molar-refractivity contribution in [1.29, 1.82) is 0 Å². The first-order chi connectivity index (χ1) is 12.9. The van der Waals surface area contributed by atoms with E-state index in [0.29, 0.717) is 12.1 Å². The predicted molar refractivity (Wildman–Crippen MR) is 103 cm³/mol. The van der Waals surface area contributed by atoms with Gasteiger partial charge in [-0.2, -0.15) is 0 Å². The molecule has 2 rings (SSSR count). The molecule has 0 aliphatic carbocycles. The molecule has 1 fully saturated rings. The molecule has 0 saturated carbocycles. The second kappa shape index (κ2) is 10.1. The van der Waals surface area contributed by atoms with Crippen molar-refractivity contribution in [2.75, 3.05) is 13.2 Å². The molecular weight excluding hydrogens is 344 g/mol. The third-order valence-electron chi connectivity index (χ3n) is 5.00. The Kier molecular flexibility index (Phi) is 7.82. The number of piperidine rings is 1. The van der Waals surface area contributed by atoms with Gasteiger partial charge in [0.2, 0.25) is 0 Å². The summed E-state index contributed by atoms with van der Waals surface area (Å²) >= 11 is 0. The molecule has 0 spiro atoms. The topological polar surface area (TPSA) is 75.7 Å². The van der Waals surface area contributed by atoms with Crippen LogP contribution in [0.3, 0.4) is 0 Å². The van der Waals surface area contributed by atoms with E-state index in [9.17, 15) is 14.4 Å². The second-order valence-electron chi connectivity index (χ2n) is 7.31. The maximum absolute atomic E-state index is 12.5. The van der Waals surface area contributed by atoms with Gasteiger partial charge in [0.05, 0.1) is 0 Å². The van der Waals surface area contributed by atoms with Crippen molar-refractivity contribution in [1.82, 2.24) is 10.2 Å². The van der Waals surface area contributed by atoms with E-state index in [1.165, 1.54) is 0 Å². The molecule has 27 heavy (non-hydrogen) atoms. The molecule has 1 aromatic rings. The summed E-state index contributed by atoms with van der Waals surface area (Å²) in [7, 11) is 0. The molecule has 0 radical (unpaired) electrons. The maximum Gasteiger partial charge on any atom is 0.329 e. The zero-order valence-corrected chi connectivity index (χ0v) is 16.4. The van der Waals surface area contributed by atoms with Gasteiger partial charge in [-0.1, -0.05) is 39.0 Å². The fraction of sp³-hybridized carbons (Fsp3) is 0.571. The molecule has 1 heterocycles. The fourth-order valence-corrected chi connectivity index (χ4v) is 3.37. The zero-order chi connectivity index (χ0) is 19.8. The van der Waals surface area contributed by atoms with E-state index in [2.05, 4.69) is 12.2 Å². The molecule has 2 atom stereocenters. The number of carbonyl (C=O) groups is 3. The molecule has 1 unspecified atom stereocenters. The number of benzene rings is 1. The Balaban J connectivity index is 1.92. The van der Waals surface area contributed by atoms with Crippen LogP contribution in [-0.4, -0.2) is 47.9 Å². The number of hydrogen-bond acceptors (Lipinski definition) is 4. The lowest BCUT2D eigenvalue weighted by Crippen LogP contribution is -2.48. The van der Waals surface area contributed by atoms with Gasteiger partial charge < -0.3 is 15.0 Å². The van der Waals surface area contributed by atoms with Gasteiger partial charge in [-0.3, -0.25) is 9.59 Å². The number of ether oxygens (including phenoxy) is 1. The molecule has 0 aromatic heterocycles. The van der Waals surface area contributed by atoms with Crippen LogP contribution >= 0.6 is 0 Å². The first kappa shape index (κ1) is 20.9. The number of amides is 2. The van der Waals surface area contributed by atoms with E-state index < -0.39 is 12.0 Å². The van der Waals surface area contributed by atoms with Gasteiger partial charge in [0, 0.05) is 18.2 Å². The molecule has 1 aliphatic rings. The smallest absolute Gasteiger partial charge is 0.329 e. The maximum atomic E-state index is 12.5. The molecule has 1 saturated heterocycles. The van der Waals surface area contributed by atoms with Gasteiger partial charge in [-0.05, 0) is 43.7 Å². The van der Waals surface area contributed by atoms with Crippen LogP contribution in [-0.2, 0) is 14.3 Å². The molecule has 1 aliphatic heterocycles. The minimum absolute atomic E-state index is 0.154. The van der Waals surface area contributed by atoms with Crippen LogP contribution in [0.5, 0.6) is 0 Å². The summed E-state index contributed by atoms with van der Waals surface area (Å²) in [5, 5.41) is 2.72. The Bertz CT molecular complexity index is 645. The lowest BCUT2D eigenvalue weighted by molar-refractivity contribution is -0.155. The monoisotopic (exact) mass is 374 g/mol. The summed E-state index contributed by atoms with van der Waals surface area (Å²) in [5.74, 6) is -1.22. The first-order valence-corrected chi connectivity index (χ1v) is 9.76. The molecule has 6 nitrogen and oxygen atoms in total. The molecular formula is C21H30N2O4. The molecule has 2 amide bonds. The Morgan fingerprint density at radius 2 is 1.89 bits per heavy atom. The third-order valence-corrected chi connectivity index (χ3v) is 5.00. The van der Waals surface area contributed by atoms with E-state index in [1.54, 1.807) is 24.3 Å². The Hall–Kier alpha value is -2.37. The highest BCUT2D eigenvalue weighted by Crippen LogP contribution is 2.19. The molecule has 1 N–H and O–H groups in total. The van der Waals surface area contributed by atoms with E-state index >= 15 is 0 Å². The van der Waals surface area contributed by atoms with Crippen molar-refractivity contribution in [3.63, 3.8) is 0 Å². The number of esters is 1. The van der Waals surface area contributed by atoms with Crippen molar-refractivity contribution in [3.8, 4) is 0 Å². The summed E-state index contributed by atoms with van der Waals surface area (Å²) < 4.78 is 5.27. The SMILES string of the molecule is CCC1CCCCN1C(=O)COC(=O)[C@@H](NC(=O)c1ccccc1)C(C)C. The number of nitrogens with zero attached hydrogens (tertiary/aromatic N) is 1. The number of nitrogens with one attached hydrogen (secondary N) is 1. The summed E-state index contributed by atoms with van der Waals surface area (Å²) in [6.07, 6.45) is 4.01. The van der Waals surface area contributed by atoms with Crippen molar-refractivity contribution in [2.24, 2.45) is 5.92 Å². The van der Waals surface area contributed by atoms with Gasteiger partial charge in [0.15, 0.2) is 6.61 Å². The number of hydrogen-bond donors (Lipinski definition) is 1. The highest BCUT2D eigenvalue weighted by atomic mass is 16.5. The first-order valence-electron chi connectivity index (χ1n) is 9.76. The van der Waals surface area contributed by atoms with Crippen LogP contribution in [0.2, 0.25) is 0 Å². The Labute approximate surface area is 161 Å². The number of likely N-dealkylation sites (tertiary alicyclic amines) is 1. The van der Waals surface area contributed by atoms with Gasteiger partial charge in [-0.25, -0.2) is 4.79 Å². The van der Waals surface area contributed by atoms with Crippen molar-refractivity contribution < 1.29 is 19.1 Å². The minimum Gasteiger partial charge on any atom is -0.454 e. The summed E-state index contributed by atoms with van der Waals surface area (Å²) in [5.41, 5.74) is 0.478. The summed E-state index contributed by atoms with van der Waals surface area (Å²) in [6, 6.07) is 8.14. The molecule has 148 valence electrons.